The van der Waals surface area contributed by atoms with Crippen LogP contribution in [0.15, 0.2) is 24.3 Å². The number of ketones is 1. The highest BCUT2D eigenvalue weighted by Crippen LogP contribution is 2.27. The van der Waals surface area contributed by atoms with Gasteiger partial charge in [-0.25, -0.2) is 0 Å². The first-order valence-electron chi connectivity index (χ1n) is 7.73. The molecule has 1 aliphatic rings. The second kappa shape index (κ2) is 6.53. The van der Waals surface area contributed by atoms with Gasteiger partial charge in [-0.1, -0.05) is 45.0 Å². The minimum Gasteiger partial charge on any atom is -0.378 e. The molecule has 1 atom stereocenters. The molecule has 1 aromatic rings. The third-order valence-corrected chi connectivity index (χ3v) is 3.99. The zero-order chi connectivity index (χ0) is 14.6. The van der Waals surface area contributed by atoms with Crippen LogP contribution in [-0.4, -0.2) is 18.5 Å². The smallest absolute Gasteiger partial charge is 0.163 e. The molecule has 0 radical (unpaired) electrons. The van der Waals surface area contributed by atoms with E-state index in [1.54, 1.807) is 0 Å². The summed E-state index contributed by atoms with van der Waals surface area (Å²) in [7, 11) is 0. The molecule has 0 bridgehead atoms. The van der Waals surface area contributed by atoms with E-state index in [4.69, 9.17) is 4.74 Å². The van der Waals surface area contributed by atoms with E-state index in [0.717, 1.165) is 37.0 Å². The standard InChI is InChI=1S/C18H26O2/c1-18(2,3)16-11-5-4-10-15(16)17(19)12-6-8-14-9-7-13-20-14/h4-5,10-11,14H,6-9,12-13H2,1-3H3. The molecule has 0 aliphatic carbocycles. The lowest BCUT2D eigenvalue weighted by Crippen LogP contribution is -2.17. The molecular weight excluding hydrogens is 248 g/mol. The van der Waals surface area contributed by atoms with Crippen molar-refractivity contribution < 1.29 is 9.53 Å². The van der Waals surface area contributed by atoms with Gasteiger partial charge in [0.15, 0.2) is 5.78 Å². The Bertz CT molecular complexity index is 451. The summed E-state index contributed by atoms with van der Waals surface area (Å²) in [6.07, 6.45) is 5.30. The average Bonchev–Trinajstić information content (AvgIpc) is 2.91. The van der Waals surface area contributed by atoms with Gasteiger partial charge >= 0.3 is 0 Å². The Hall–Kier alpha value is -1.15. The van der Waals surface area contributed by atoms with Crippen LogP contribution >= 0.6 is 0 Å². The van der Waals surface area contributed by atoms with Gasteiger partial charge in [0.05, 0.1) is 6.10 Å². The fourth-order valence-electron chi connectivity index (χ4n) is 2.88. The molecule has 2 heteroatoms. The Morgan fingerprint density at radius 3 is 2.70 bits per heavy atom. The summed E-state index contributed by atoms with van der Waals surface area (Å²) in [6.45, 7) is 7.37. The zero-order valence-corrected chi connectivity index (χ0v) is 12.9. The molecular formula is C18H26O2. The molecule has 2 nitrogen and oxygen atoms in total. The molecule has 1 heterocycles. The van der Waals surface area contributed by atoms with Crippen LogP contribution in [0.4, 0.5) is 0 Å². The zero-order valence-electron chi connectivity index (χ0n) is 12.9. The van der Waals surface area contributed by atoms with Gasteiger partial charge < -0.3 is 4.74 Å². The number of carbonyl (C=O) groups is 1. The van der Waals surface area contributed by atoms with Crippen LogP contribution in [0.3, 0.4) is 0 Å². The molecule has 110 valence electrons. The molecule has 2 rings (SSSR count). The van der Waals surface area contributed by atoms with Crippen molar-refractivity contribution in [1.82, 2.24) is 0 Å². The number of benzene rings is 1. The van der Waals surface area contributed by atoms with Crippen LogP contribution in [0.2, 0.25) is 0 Å². The van der Waals surface area contributed by atoms with Crippen LogP contribution in [0, 0.1) is 0 Å². The largest absolute Gasteiger partial charge is 0.378 e. The normalized spacial score (nSPS) is 19.2. The van der Waals surface area contributed by atoms with Crippen LogP contribution in [0.5, 0.6) is 0 Å². The predicted molar refractivity (Wildman–Crippen MR) is 82.3 cm³/mol. The lowest BCUT2D eigenvalue weighted by Gasteiger charge is -2.22. The van der Waals surface area contributed by atoms with Crippen LogP contribution in [0.1, 0.15) is 68.8 Å². The van der Waals surface area contributed by atoms with Crippen LogP contribution in [-0.2, 0) is 10.2 Å². The SMILES string of the molecule is CC(C)(C)c1ccccc1C(=O)CCCC1CCCO1. The van der Waals surface area contributed by atoms with E-state index < -0.39 is 0 Å². The summed E-state index contributed by atoms with van der Waals surface area (Å²) >= 11 is 0. The van der Waals surface area contributed by atoms with E-state index in [9.17, 15) is 4.79 Å². The molecule has 1 aromatic carbocycles. The van der Waals surface area contributed by atoms with Crippen molar-refractivity contribution in [2.24, 2.45) is 0 Å². The first kappa shape index (κ1) is 15.2. The molecule has 20 heavy (non-hydrogen) atoms. The first-order chi connectivity index (χ1) is 9.48. The highest BCUT2D eigenvalue weighted by molar-refractivity contribution is 5.97. The Balaban J connectivity index is 1.95. The molecule has 0 saturated carbocycles. The number of Topliss-reactive ketones (excluding diaryl/α,β-unsaturated/α-hetero) is 1. The fourth-order valence-corrected chi connectivity index (χ4v) is 2.88. The lowest BCUT2D eigenvalue weighted by molar-refractivity contribution is 0.0921. The summed E-state index contributed by atoms with van der Waals surface area (Å²) in [5.41, 5.74) is 2.07. The molecule has 1 fully saturated rings. The number of ether oxygens (including phenoxy) is 1. The van der Waals surface area contributed by atoms with Gasteiger partial charge in [0.25, 0.3) is 0 Å². The van der Waals surface area contributed by atoms with E-state index in [1.165, 1.54) is 6.42 Å². The van der Waals surface area contributed by atoms with Crippen molar-refractivity contribution >= 4 is 5.78 Å². The van der Waals surface area contributed by atoms with E-state index in [1.807, 2.05) is 18.2 Å². The molecule has 1 aliphatic heterocycles. The number of hydrogen-bond donors (Lipinski definition) is 0. The third kappa shape index (κ3) is 3.92. The van der Waals surface area contributed by atoms with Crippen LogP contribution in [0.25, 0.3) is 0 Å². The quantitative estimate of drug-likeness (QED) is 0.738. The molecule has 0 N–H and O–H groups in total. The van der Waals surface area contributed by atoms with E-state index in [2.05, 4.69) is 26.8 Å². The first-order valence-corrected chi connectivity index (χ1v) is 7.73. The number of rotatable bonds is 5. The minimum atomic E-state index is 0.0147. The van der Waals surface area contributed by atoms with Gasteiger partial charge in [-0.05, 0) is 36.7 Å². The van der Waals surface area contributed by atoms with Crippen molar-refractivity contribution in [2.75, 3.05) is 6.61 Å². The summed E-state index contributed by atoms with van der Waals surface area (Å²) in [6, 6.07) is 8.02. The predicted octanol–water partition coefficient (Wildman–Crippen LogP) is 4.52. The molecule has 0 aromatic heterocycles. The average molecular weight is 274 g/mol. The Labute approximate surface area is 122 Å². The maximum absolute atomic E-state index is 12.4. The lowest BCUT2D eigenvalue weighted by atomic mass is 9.82. The molecule has 0 spiro atoms. The second-order valence-electron chi connectivity index (χ2n) is 6.75. The summed E-state index contributed by atoms with van der Waals surface area (Å²) in [5, 5.41) is 0. The Morgan fingerprint density at radius 2 is 2.05 bits per heavy atom. The molecule has 1 unspecified atom stereocenters. The van der Waals surface area contributed by atoms with Crippen molar-refractivity contribution in [3.63, 3.8) is 0 Å². The van der Waals surface area contributed by atoms with Crippen LogP contribution < -0.4 is 0 Å². The van der Waals surface area contributed by atoms with Crippen molar-refractivity contribution in [2.45, 2.75) is 64.4 Å². The van der Waals surface area contributed by atoms with E-state index in [-0.39, 0.29) is 11.2 Å². The highest BCUT2D eigenvalue weighted by atomic mass is 16.5. The Kier molecular flexibility index (Phi) is 4.98. The monoisotopic (exact) mass is 274 g/mol. The van der Waals surface area contributed by atoms with E-state index in [0.29, 0.717) is 12.5 Å². The van der Waals surface area contributed by atoms with Gasteiger partial charge in [-0.2, -0.15) is 0 Å². The summed E-state index contributed by atoms with van der Waals surface area (Å²) in [5.74, 6) is 0.272. The molecule has 1 saturated heterocycles. The van der Waals surface area contributed by atoms with Gasteiger partial charge in [0, 0.05) is 18.6 Å². The minimum absolute atomic E-state index is 0.0147. The van der Waals surface area contributed by atoms with E-state index >= 15 is 0 Å². The van der Waals surface area contributed by atoms with Gasteiger partial charge in [-0.15, -0.1) is 0 Å². The third-order valence-electron chi connectivity index (χ3n) is 3.99. The fraction of sp³-hybridized carbons (Fsp3) is 0.611. The maximum atomic E-state index is 12.4. The second-order valence-corrected chi connectivity index (χ2v) is 6.75. The topological polar surface area (TPSA) is 26.3 Å². The highest BCUT2D eigenvalue weighted by Gasteiger charge is 2.21. The van der Waals surface area contributed by atoms with Gasteiger partial charge in [-0.3, -0.25) is 4.79 Å². The van der Waals surface area contributed by atoms with Crippen molar-refractivity contribution in [1.29, 1.82) is 0 Å². The van der Waals surface area contributed by atoms with Gasteiger partial charge in [0.2, 0.25) is 0 Å². The van der Waals surface area contributed by atoms with Gasteiger partial charge in [0.1, 0.15) is 0 Å². The summed E-state index contributed by atoms with van der Waals surface area (Å²) in [4.78, 5) is 12.4. The number of hydrogen-bond acceptors (Lipinski definition) is 2. The Morgan fingerprint density at radius 1 is 1.30 bits per heavy atom. The number of carbonyl (C=O) groups excluding carboxylic acids is 1. The van der Waals surface area contributed by atoms with Crippen molar-refractivity contribution in [3.05, 3.63) is 35.4 Å². The van der Waals surface area contributed by atoms with Crippen molar-refractivity contribution in [3.8, 4) is 0 Å². The molecule has 0 amide bonds. The summed E-state index contributed by atoms with van der Waals surface area (Å²) < 4.78 is 5.61. The maximum Gasteiger partial charge on any atom is 0.163 e.